The number of nitrogens with zero attached hydrogens (tertiary/aromatic N) is 2. The summed E-state index contributed by atoms with van der Waals surface area (Å²) in [4.78, 5) is 16.6. The molecule has 110 valence electrons. The number of likely N-dealkylation sites (N-methyl/N-ethyl adjacent to an activating group) is 1. The van der Waals surface area contributed by atoms with Gasteiger partial charge in [-0.1, -0.05) is 12.1 Å². The summed E-state index contributed by atoms with van der Waals surface area (Å²) in [5.41, 5.74) is 7.45. The summed E-state index contributed by atoms with van der Waals surface area (Å²) in [6.45, 7) is 5.33. The van der Waals surface area contributed by atoms with Crippen molar-refractivity contribution in [2.24, 2.45) is 5.73 Å². The van der Waals surface area contributed by atoms with Crippen molar-refractivity contribution >= 4 is 11.7 Å². The standard InChI is InChI=1S/C15H24N4O/c1-12-11-18(2)7-4-8-19(12)15(20)17-14-6-3-5-13(9-14)10-16/h3,5-6,9,12H,4,7-8,10-11,16H2,1-2H3,(H,17,20). The van der Waals surface area contributed by atoms with E-state index in [1.165, 1.54) is 0 Å². The summed E-state index contributed by atoms with van der Waals surface area (Å²) in [5, 5.41) is 2.97. The highest BCUT2D eigenvalue weighted by atomic mass is 16.2. The molecule has 1 aromatic carbocycles. The normalized spacial score (nSPS) is 20.6. The molecule has 1 unspecified atom stereocenters. The number of benzene rings is 1. The quantitative estimate of drug-likeness (QED) is 0.864. The van der Waals surface area contributed by atoms with Gasteiger partial charge in [0, 0.05) is 31.4 Å². The van der Waals surface area contributed by atoms with E-state index in [0.717, 1.165) is 37.3 Å². The Kier molecular flexibility index (Phi) is 4.98. The van der Waals surface area contributed by atoms with Gasteiger partial charge in [-0.25, -0.2) is 4.79 Å². The van der Waals surface area contributed by atoms with E-state index in [2.05, 4.69) is 24.2 Å². The van der Waals surface area contributed by atoms with Gasteiger partial charge >= 0.3 is 6.03 Å². The maximum atomic E-state index is 12.4. The number of nitrogens with one attached hydrogen (secondary N) is 1. The fourth-order valence-electron chi connectivity index (χ4n) is 2.65. The molecule has 1 heterocycles. The van der Waals surface area contributed by atoms with Crippen molar-refractivity contribution in [2.45, 2.75) is 25.9 Å². The highest BCUT2D eigenvalue weighted by Crippen LogP contribution is 2.14. The predicted molar refractivity (Wildman–Crippen MR) is 81.6 cm³/mol. The lowest BCUT2D eigenvalue weighted by Crippen LogP contribution is -2.44. The number of anilines is 1. The third-order valence-electron chi connectivity index (χ3n) is 3.72. The molecule has 2 rings (SSSR count). The van der Waals surface area contributed by atoms with Crippen LogP contribution in [-0.4, -0.2) is 48.6 Å². The maximum absolute atomic E-state index is 12.4. The van der Waals surface area contributed by atoms with Crippen molar-refractivity contribution in [1.29, 1.82) is 0 Å². The Morgan fingerprint density at radius 3 is 3.00 bits per heavy atom. The zero-order chi connectivity index (χ0) is 14.5. The minimum absolute atomic E-state index is 0.0260. The topological polar surface area (TPSA) is 61.6 Å². The van der Waals surface area contributed by atoms with E-state index in [-0.39, 0.29) is 12.1 Å². The number of carbonyl (C=O) groups excluding carboxylic acids is 1. The average molecular weight is 276 g/mol. The van der Waals surface area contributed by atoms with E-state index < -0.39 is 0 Å². The van der Waals surface area contributed by atoms with Crippen LogP contribution in [0.25, 0.3) is 0 Å². The largest absolute Gasteiger partial charge is 0.326 e. The minimum atomic E-state index is -0.0260. The predicted octanol–water partition coefficient (Wildman–Crippen LogP) is 1.70. The first-order chi connectivity index (χ1) is 9.60. The highest BCUT2D eigenvalue weighted by Gasteiger charge is 2.23. The molecule has 3 N–H and O–H groups in total. The number of hydrogen-bond acceptors (Lipinski definition) is 3. The molecule has 2 amide bonds. The van der Waals surface area contributed by atoms with Crippen molar-refractivity contribution in [2.75, 3.05) is 32.0 Å². The Hall–Kier alpha value is -1.59. The maximum Gasteiger partial charge on any atom is 0.322 e. The van der Waals surface area contributed by atoms with Gasteiger partial charge in [0.1, 0.15) is 0 Å². The second kappa shape index (κ2) is 6.72. The average Bonchev–Trinajstić information content (AvgIpc) is 2.59. The van der Waals surface area contributed by atoms with Crippen LogP contribution in [0.5, 0.6) is 0 Å². The van der Waals surface area contributed by atoms with Gasteiger partial charge < -0.3 is 20.9 Å². The van der Waals surface area contributed by atoms with Crippen LogP contribution in [0.3, 0.4) is 0 Å². The zero-order valence-electron chi connectivity index (χ0n) is 12.3. The Labute approximate surface area is 120 Å². The third kappa shape index (κ3) is 3.71. The SMILES string of the molecule is CC1CN(C)CCCN1C(=O)Nc1cccc(CN)c1. The molecule has 0 bridgehead atoms. The smallest absolute Gasteiger partial charge is 0.322 e. The molecule has 20 heavy (non-hydrogen) atoms. The molecule has 1 aliphatic heterocycles. The molecular weight excluding hydrogens is 252 g/mol. The molecule has 1 aliphatic rings. The van der Waals surface area contributed by atoms with Crippen molar-refractivity contribution in [3.63, 3.8) is 0 Å². The third-order valence-corrected chi connectivity index (χ3v) is 3.72. The summed E-state index contributed by atoms with van der Waals surface area (Å²) < 4.78 is 0. The molecule has 0 aliphatic carbocycles. The molecule has 1 aromatic rings. The Balaban J connectivity index is 2.03. The van der Waals surface area contributed by atoms with Crippen LogP contribution in [0.15, 0.2) is 24.3 Å². The van der Waals surface area contributed by atoms with E-state index >= 15 is 0 Å². The first-order valence-corrected chi connectivity index (χ1v) is 7.15. The van der Waals surface area contributed by atoms with Gasteiger partial charge in [0.2, 0.25) is 0 Å². The number of rotatable bonds is 2. The fourth-order valence-corrected chi connectivity index (χ4v) is 2.65. The van der Waals surface area contributed by atoms with Crippen molar-refractivity contribution in [3.05, 3.63) is 29.8 Å². The lowest BCUT2D eigenvalue weighted by molar-refractivity contribution is 0.190. The Morgan fingerprint density at radius 2 is 2.25 bits per heavy atom. The monoisotopic (exact) mass is 276 g/mol. The zero-order valence-corrected chi connectivity index (χ0v) is 12.3. The van der Waals surface area contributed by atoms with E-state index in [0.29, 0.717) is 6.54 Å². The van der Waals surface area contributed by atoms with Crippen LogP contribution in [0.4, 0.5) is 10.5 Å². The van der Waals surface area contributed by atoms with Crippen molar-refractivity contribution in [3.8, 4) is 0 Å². The summed E-state index contributed by atoms with van der Waals surface area (Å²) in [7, 11) is 2.10. The van der Waals surface area contributed by atoms with Crippen LogP contribution in [0, 0.1) is 0 Å². The van der Waals surface area contributed by atoms with Gasteiger partial charge in [-0.05, 0) is 44.6 Å². The molecule has 0 spiro atoms. The molecule has 1 fully saturated rings. The van der Waals surface area contributed by atoms with E-state index in [1.54, 1.807) is 0 Å². The van der Waals surface area contributed by atoms with Crippen molar-refractivity contribution < 1.29 is 4.79 Å². The molecule has 0 aromatic heterocycles. The van der Waals surface area contributed by atoms with Crippen LogP contribution in [0.1, 0.15) is 18.9 Å². The van der Waals surface area contributed by atoms with Crippen LogP contribution in [-0.2, 0) is 6.54 Å². The summed E-state index contributed by atoms with van der Waals surface area (Å²) >= 11 is 0. The van der Waals surface area contributed by atoms with Gasteiger partial charge in [0.05, 0.1) is 0 Å². The fraction of sp³-hybridized carbons (Fsp3) is 0.533. The first kappa shape index (κ1) is 14.8. The molecular formula is C15H24N4O. The molecule has 5 heteroatoms. The lowest BCUT2D eigenvalue weighted by Gasteiger charge is -2.28. The second-order valence-electron chi connectivity index (χ2n) is 5.49. The van der Waals surface area contributed by atoms with Crippen LogP contribution < -0.4 is 11.1 Å². The minimum Gasteiger partial charge on any atom is -0.326 e. The number of carbonyl (C=O) groups is 1. The first-order valence-electron chi connectivity index (χ1n) is 7.15. The van der Waals surface area contributed by atoms with Crippen LogP contribution in [0.2, 0.25) is 0 Å². The molecule has 1 atom stereocenters. The van der Waals surface area contributed by atoms with Crippen LogP contribution >= 0.6 is 0 Å². The van der Waals surface area contributed by atoms with E-state index in [4.69, 9.17) is 5.73 Å². The number of amides is 2. The summed E-state index contributed by atoms with van der Waals surface area (Å²) in [6, 6.07) is 7.89. The van der Waals surface area contributed by atoms with Gasteiger partial charge in [0.25, 0.3) is 0 Å². The second-order valence-corrected chi connectivity index (χ2v) is 5.49. The lowest BCUT2D eigenvalue weighted by atomic mass is 10.2. The Bertz CT molecular complexity index is 463. The van der Waals surface area contributed by atoms with Gasteiger partial charge in [-0.15, -0.1) is 0 Å². The molecule has 0 saturated carbocycles. The summed E-state index contributed by atoms with van der Waals surface area (Å²) in [6.07, 6.45) is 1.01. The van der Waals surface area contributed by atoms with E-state index in [9.17, 15) is 4.79 Å². The number of nitrogens with two attached hydrogens (primary N) is 1. The molecule has 5 nitrogen and oxygen atoms in total. The summed E-state index contributed by atoms with van der Waals surface area (Å²) in [5.74, 6) is 0. The Morgan fingerprint density at radius 1 is 1.45 bits per heavy atom. The number of hydrogen-bond donors (Lipinski definition) is 2. The van der Waals surface area contributed by atoms with Crippen molar-refractivity contribution in [1.82, 2.24) is 9.80 Å². The highest BCUT2D eigenvalue weighted by molar-refractivity contribution is 5.89. The van der Waals surface area contributed by atoms with E-state index in [1.807, 2.05) is 29.2 Å². The molecule has 0 radical (unpaired) electrons. The van der Waals surface area contributed by atoms with Gasteiger partial charge in [0.15, 0.2) is 0 Å². The molecule has 1 saturated heterocycles. The van der Waals surface area contributed by atoms with Gasteiger partial charge in [-0.3, -0.25) is 0 Å². The number of urea groups is 1. The van der Waals surface area contributed by atoms with Gasteiger partial charge in [-0.2, -0.15) is 0 Å².